The van der Waals surface area contributed by atoms with Gasteiger partial charge in [-0.15, -0.1) is 0 Å². The Morgan fingerprint density at radius 1 is 0.852 bits per heavy atom. The molecule has 4 heterocycles. The number of amides is 2. The molecule has 2 aromatic heterocycles. The number of piperidine rings is 1. The minimum absolute atomic E-state index is 0.0168. The zero-order chi connectivity index (χ0) is 19.3. The Balaban J connectivity index is 1.44. The van der Waals surface area contributed by atoms with Gasteiger partial charge in [-0.25, -0.2) is 0 Å². The molecule has 4 rings (SSSR count). The molecule has 2 amide bonds. The highest BCUT2D eigenvalue weighted by molar-refractivity contribution is 5.96. The van der Waals surface area contributed by atoms with Crippen molar-refractivity contribution < 1.29 is 18.4 Å². The first-order valence-electron chi connectivity index (χ1n) is 9.51. The van der Waals surface area contributed by atoms with E-state index in [1.807, 2.05) is 49.6 Å². The highest BCUT2D eigenvalue weighted by atomic mass is 16.3. The number of likely N-dealkylation sites (tertiary alicyclic amines) is 2. The third-order valence-electron chi connectivity index (χ3n) is 5.83. The van der Waals surface area contributed by atoms with Gasteiger partial charge < -0.3 is 18.6 Å². The summed E-state index contributed by atoms with van der Waals surface area (Å²) in [7, 11) is 0. The minimum Gasteiger partial charge on any atom is -0.466 e. The molecule has 144 valence electrons. The van der Waals surface area contributed by atoms with Gasteiger partial charge in [0, 0.05) is 31.6 Å². The number of carbonyl (C=O) groups excluding carboxylic acids is 2. The summed E-state index contributed by atoms with van der Waals surface area (Å²) < 4.78 is 11.0. The quantitative estimate of drug-likeness (QED) is 0.812. The van der Waals surface area contributed by atoms with Crippen LogP contribution in [0.1, 0.15) is 56.6 Å². The summed E-state index contributed by atoms with van der Waals surface area (Å²) in [6.45, 7) is 10.2. The first-order chi connectivity index (χ1) is 12.8. The van der Waals surface area contributed by atoms with Crippen LogP contribution in [-0.2, 0) is 0 Å². The fraction of sp³-hybridized carbons (Fsp3) is 0.524. The topological polar surface area (TPSA) is 66.9 Å². The van der Waals surface area contributed by atoms with Crippen LogP contribution in [0.25, 0.3) is 0 Å². The maximum atomic E-state index is 12.9. The zero-order valence-corrected chi connectivity index (χ0v) is 16.4. The number of aryl methyl sites for hydroxylation is 4. The summed E-state index contributed by atoms with van der Waals surface area (Å²) in [4.78, 5) is 29.5. The average molecular weight is 370 g/mol. The van der Waals surface area contributed by atoms with Crippen LogP contribution in [-0.4, -0.2) is 47.8 Å². The van der Waals surface area contributed by atoms with Crippen LogP contribution in [0, 0.1) is 33.1 Å². The van der Waals surface area contributed by atoms with Crippen molar-refractivity contribution in [3.8, 4) is 0 Å². The summed E-state index contributed by atoms with van der Waals surface area (Å²) in [5.74, 6) is 2.92. The van der Waals surface area contributed by atoms with Gasteiger partial charge in [0.15, 0.2) is 0 Å². The number of furan rings is 2. The molecule has 27 heavy (non-hydrogen) atoms. The van der Waals surface area contributed by atoms with E-state index in [1.54, 1.807) is 0 Å². The molecular weight excluding hydrogens is 344 g/mol. The second kappa shape index (κ2) is 6.29. The van der Waals surface area contributed by atoms with E-state index in [-0.39, 0.29) is 17.2 Å². The Bertz CT molecular complexity index is 901. The molecule has 0 N–H and O–H groups in total. The summed E-state index contributed by atoms with van der Waals surface area (Å²) in [5.41, 5.74) is 1.32. The standard InChI is InChI=1S/C21H26N2O4/c1-13-8-17(15(3)26-13)19(24)22-7-5-6-21(10-22)11-23(12-21)20(25)18-9-14(2)27-16(18)4/h8-9H,5-7,10-12H2,1-4H3. The molecular formula is C21H26N2O4. The molecule has 6 heteroatoms. The molecule has 0 radical (unpaired) electrons. The second-order valence-electron chi connectivity index (χ2n) is 8.15. The van der Waals surface area contributed by atoms with E-state index in [0.717, 1.165) is 30.9 Å². The monoisotopic (exact) mass is 370 g/mol. The fourth-order valence-corrected chi connectivity index (χ4v) is 4.57. The zero-order valence-electron chi connectivity index (χ0n) is 16.4. The van der Waals surface area contributed by atoms with Crippen LogP contribution in [0.15, 0.2) is 21.0 Å². The number of carbonyl (C=O) groups is 2. The molecule has 0 unspecified atom stereocenters. The lowest BCUT2D eigenvalue weighted by atomic mass is 9.73. The Morgan fingerprint density at radius 2 is 1.33 bits per heavy atom. The van der Waals surface area contributed by atoms with Crippen molar-refractivity contribution in [2.45, 2.75) is 40.5 Å². The highest BCUT2D eigenvalue weighted by Gasteiger charge is 2.48. The van der Waals surface area contributed by atoms with Gasteiger partial charge in [-0.2, -0.15) is 0 Å². The molecule has 0 atom stereocenters. The van der Waals surface area contributed by atoms with Crippen LogP contribution < -0.4 is 0 Å². The van der Waals surface area contributed by atoms with E-state index in [1.165, 1.54) is 0 Å². The Hall–Kier alpha value is -2.50. The summed E-state index contributed by atoms with van der Waals surface area (Å²) in [6, 6.07) is 3.63. The van der Waals surface area contributed by atoms with Crippen LogP contribution in [0.2, 0.25) is 0 Å². The molecule has 2 aromatic rings. The lowest BCUT2D eigenvalue weighted by Crippen LogP contribution is -2.64. The number of hydrogen-bond donors (Lipinski definition) is 0. The number of rotatable bonds is 2. The Labute approximate surface area is 159 Å². The van der Waals surface area contributed by atoms with Crippen molar-refractivity contribution in [2.75, 3.05) is 26.2 Å². The van der Waals surface area contributed by atoms with Gasteiger partial charge in [0.1, 0.15) is 23.0 Å². The van der Waals surface area contributed by atoms with Crippen LogP contribution in [0.5, 0.6) is 0 Å². The first kappa shape index (κ1) is 17.9. The van der Waals surface area contributed by atoms with Crippen molar-refractivity contribution >= 4 is 11.8 Å². The van der Waals surface area contributed by atoms with Gasteiger partial charge in [0.05, 0.1) is 11.1 Å². The third kappa shape index (κ3) is 3.07. The largest absolute Gasteiger partial charge is 0.466 e. The van der Waals surface area contributed by atoms with Crippen molar-refractivity contribution in [3.05, 3.63) is 46.3 Å². The minimum atomic E-state index is 0.0168. The van der Waals surface area contributed by atoms with Crippen molar-refractivity contribution in [3.63, 3.8) is 0 Å². The fourth-order valence-electron chi connectivity index (χ4n) is 4.57. The smallest absolute Gasteiger partial charge is 0.257 e. The van der Waals surface area contributed by atoms with Crippen LogP contribution in [0.4, 0.5) is 0 Å². The van der Waals surface area contributed by atoms with Gasteiger partial charge in [-0.1, -0.05) is 0 Å². The maximum absolute atomic E-state index is 12.9. The summed E-state index contributed by atoms with van der Waals surface area (Å²) in [5, 5.41) is 0. The lowest BCUT2D eigenvalue weighted by Gasteiger charge is -2.54. The van der Waals surface area contributed by atoms with Gasteiger partial charge in [-0.3, -0.25) is 9.59 Å². The summed E-state index contributed by atoms with van der Waals surface area (Å²) >= 11 is 0. The van der Waals surface area contributed by atoms with E-state index in [4.69, 9.17) is 8.83 Å². The van der Waals surface area contributed by atoms with Gasteiger partial charge >= 0.3 is 0 Å². The SMILES string of the molecule is Cc1cc(C(=O)N2CCCC3(C2)CN(C(=O)c2cc(C)oc2C)C3)c(C)o1. The van der Waals surface area contributed by atoms with E-state index >= 15 is 0 Å². The van der Waals surface area contributed by atoms with Gasteiger partial charge in [0.25, 0.3) is 11.8 Å². The molecule has 0 aromatic carbocycles. The van der Waals surface area contributed by atoms with Gasteiger partial charge in [-0.05, 0) is 52.7 Å². The number of hydrogen-bond acceptors (Lipinski definition) is 4. The van der Waals surface area contributed by atoms with Gasteiger partial charge in [0.2, 0.25) is 0 Å². The molecule has 2 saturated heterocycles. The maximum Gasteiger partial charge on any atom is 0.257 e. The average Bonchev–Trinajstić information content (AvgIpc) is 3.11. The highest BCUT2D eigenvalue weighted by Crippen LogP contribution is 2.40. The van der Waals surface area contributed by atoms with E-state index in [2.05, 4.69) is 0 Å². The lowest BCUT2D eigenvalue weighted by molar-refractivity contribution is -0.0339. The van der Waals surface area contributed by atoms with Crippen LogP contribution >= 0.6 is 0 Å². The van der Waals surface area contributed by atoms with E-state index in [9.17, 15) is 9.59 Å². The third-order valence-corrected chi connectivity index (χ3v) is 5.83. The predicted octanol–water partition coefficient (Wildman–Crippen LogP) is 3.48. The second-order valence-corrected chi connectivity index (χ2v) is 8.15. The normalized spacial score (nSPS) is 18.7. The molecule has 2 aliphatic rings. The van der Waals surface area contributed by atoms with E-state index in [0.29, 0.717) is 42.3 Å². The van der Waals surface area contributed by atoms with E-state index < -0.39 is 0 Å². The summed E-state index contributed by atoms with van der Waals surface area (Å²) in [6.07, 6.45) is 2.01. The van der Waals surface area contributed by atoms with Crippen molar-refractivity contribution in [1.29, 1.82) is 0 Å². The molecule has 6 nitrogen and oxygen atoms in total. The van der Waals surface area contributed by atoms with Crippen molar-refractivity contribution in [2.24, 2.45) is 5.41 Å². The Morgan fingerprint density at radius 3 is 1.81 bits per heavy atom. The predicted molar refractivity (Wildman–Crippen MR) is 99.8 cm³/mol. The molecule has 1 spiro atoms. The molecule has 0 saturated carbocycles. The molecule has 0 aliphatic carbocycles. The Kier molecular flexibility index (Phi) is 4.17. The van der Waals surface area contributed by atoms with Crippen LogP contribution in [0.3, 0.4) is 0 Å². The first-order valence-corrected chi connectivity index (χ1v) is 9.51. The number of nitrogens with zero attached hydrogens (tertiary/aromatic N) is 2. The van der Waals surface area contributed by atoms with Crippen molar-refractivity contribution in [1.82, 2.24) is 9.80 Å². The molecule has 2 aliphatic heterocycles. The molecule has 0 bridgehead atoms. The molecule has 2 fully saturated rings.